The summed E-state index contributed by atoms with van der Waals surface area (Å²) in [5.41, 5.74) is 14.6. The Morgan fingerprint density at radius 3 is 0.670 bits per heavy atom. The zero-order valence-electron chi connectivity index (χ0n) is 54.7. The quantitative estimate of drug-likeness (QED) is 0.0325. The number of phenols is 4. The largest absolute Gasteiger partial charge is 0.507 e. The van der Waals surface area contributed by atoms with Gasteiger partial charge in [0.25, 0.3) is 0 Å². The van der Waals surface area contributed by atoms with E-state index in [2.05, 4.69) is 145 Å². The smallest absolute Gasteiger partial charge is 0.126 e. The molecule has 0 saturated carbocycles. The maximum Gasteiger partial charge on any atom is 0.126 e. The van der Waals surface area contributed by atoms with Gasteiger partial charge in [-0.25, -0.2) is 0 Å². The van der Waals surface area contributed by atoms with Crippen LogP contribution in [0, 0.1) is 0 Å². The van der Waals surface area contributed by atoms with Gasteiger partial charge in [0.15, 0.2) is 0 Å². The van der Waals surface area contributed by atoms with Gasteiger partial charge in [0.2, 0.25) is 0 Å². The van der Waals surface area contributed by atoms with Gasteiger partial charge in [-0.1, -0.05) is 194 Å². The van der Waals surface area contributed by atoms with Crippen LogP contribution in [0.5, 0.6) is 34.5 Å². The van der Waals surface area contributed by atoms with Crippen LogP contribution in [0.4, 0.5) is 0 Å². The molecule has 0 aliphatic heterocycles. The second-order valence-electron chi connectivity index (χ2n) is 24.6. The molecular formula is C84H92N4O6. The number of hydrogen-bond acceptors (Lipinski definition) is 10. The Morgan fingerprint density at radius 2 is 0.468 bits per heavy atom. The first-order chi connectivity index (χ1) is 45.8. The van der Waals surface area contributed by atoms with Crippen LogP contribution in [-0.2, 0) is 77.9 Å². The van der Waals surface area contributed by atoms with Crippen LogP contribution < -0.4 is 9.47 Å². The van der Waals surface area contributed by atoms with E-state index in [1.807, 2.05) is 121 Å². The van der Waals surface area contributed by atoms with E-state index in [-0.39, 0.29) is 74.7 Å². The number of benzene rings is 8. The standard InChI is InChI=1S/C84H92N4O6/c1-9-33-85(34-10-2)55-63-41-71-49-67-29-23-30-68(83(67)93-59-61-25-19-17-20-26-61)50-73-43-65(57-87(37-13-5)38-14-6)47-77(81(73)91)54-78-48-66(58-88(39-15-7)40-16-8)44-74(82(78)92)52-70-32-24-31-69(84(70)94-60-62-27-21-18-22-28-62)51-72-42-64(56-86(35-11-3)36-12-4)46-76(80(72)90)53-75(45-63)79(71)89/h9-32,41-48,89-92H,1-8,33-40,49-60H2. The Kier molecular flexibility index (Phi) is 25.1. The Bertz CT molecular complexity index is 3460. The fourth-order valence-electron chi connectivity index (χ4n) is 13.0. The number of ether oxygens (including phenoxy) is 2. The first-order valence-electron chi connectivity index (χ1n) is 32.5. The lowest BCUT2D eigenvalue weighted by Crippen LogP contribution is -2.23. The average molecular weight is 1250 g/mol. The summed E-state index contributed by atoms with van der Waals surface area (Å²) in [6, 6.07) is 48.9. The van der Waals surface area contributed by atoms with E-state index in [1.165, 1.54) is 0 Å². The third-order valence-electron chi connectivity index (χ3n) is 17.1. The summed E-state index contributed by atoms with van der Waals surface area (Å²) in [6.07, 6.45) is 16.6. The molecule has 0 heterocycles. The Morgan fingerprint density at radius 1 is 0.266 bits per heavy atom. The monoisotopic (exact) mass is 1250 g/mol. The van der Waals surface area contributed by atoms with E-state index >= 15 is 0 Å². The molecule has 0 amide bonds. The number of para-hydroxylation sites is 2. The Labute approximate surface area is 558 Å². The van der Waals surface area contributed by atoms with E-state index in [4.69, 9.17) is 9.47 Å². The molecule has 4 N–H and O–H groups in total. The molecule has 0 atom stereocenters. The number of rotatable bonds is 30. The van der Waals surface area contributed by atoms with Gasteiger partial charge in [0, 0.05) is 117 Å². The van der Waals surface area contributed by atoms with E-state index in [1.54, 1.807) is 0 Å². The van der Waals surface area contributed by atoms with Gasteiger partial charge < -0.3 is 29.9 Å². The Hall–Kier alpha value is -9.68. The first kappa shape index (κ1) is 68.7. The van der Waals surface area contributed by atoms with Crippen LogP contribution in [0.3, 0.4) is 0 Å². The summed E-state index contributed by atoms with van der Waals surface area (Å²) in [7, 11) is 0. The predicted octanol–water partition coefficient (Wildman–Crippen LogP) is 16.2. The van der Waals surface area contributed by atoms with Crippen molar-refractivity contribution in [2.45, 2.75) is 77.9 Å². The molecule has 8 aromatic carbocycles. The zero-order chi connectivity index (χ0) is 66.3. The highest BCUT2D eigenvalue weighted by Crippen LogP contribution is 2.42. The van der Waals surface area contributed by atoms with Crippen LogP contribution in [0.15, 0.2) is 247 Å². The fraction of sp³-hybridized carbons (Fsp3) is 0.238. The summed E-state index contributed by atoms with van der Waals surface area (Å²) < 4.78 is 14.1. The molecule has 0 spiro atoms. The van der Waals surface area contributed by atoms with Crippen LogP contribution in [-0.4, -0.2) is 92.4 Å². The second-order valence-corrected chi connectivity index (χ2v) is 24.6. The van der Waals surface area contributed by atoms with Gasteiger partial charge in [-0.15, -0.1) is 52.6 Å². The van der Waals surface area contributed by atoms with Crippen molar-refractivity contribution in [1.82, 2.24) is 19.6 Å². The Balaban J connectivity index is 1.32. The summed E-state index contributed by atoms with van der Waals surface area (Å²) in [5.74, 6) is 1.77. The lowest BCUT2D eigenvalue weighted by Gasteiger charge is -2.24. The molecule has 484 valence electrons. The summed E-state index contributed by atoms with van der Waals surface area (Å²) >= 11 is 0. The van der Waals surface area contributed by atoms with E-state index < -0.39 is 0 Å². The number of fused-ring (bicyclic) bond motifs is 12. The third kappa shape index (κ3) is 18.3. The minimum absolute atomic E-state index is 0.120. The molecule has 0 radical (unpaired) electrons. The summed E-state index contributed by atoms with van der Waals surface area (Å²) in [4.78, 5) is 8.97. The highest BCUT2D eigenvalue weighted by atomic mass is 16.5. The minimum Gasteiger partial charge on any atom is -0.507 e. The minimum atomic E-state index is 0.120. The van der Waals surface area contributed by atoms with Gasteiger partial charge in [-0.2, -0.15) is 0 Å². The molecule has 1 aliphatic carbocycles. The number of hydrogen-bond donors (Lipinski definition) is 4. The van der Waals surface area contributed by atoms with Crippen molar-refractivity contribution < 1.29 is 29.9 Å². The van der Waals surface area contributed by atoms with E-state index in [0.29, 0.717) is 135 Å². The normalized spacial score (nSPS) is 12.2. The molecule has 12 bridgehead atoms. The van der Waals surface area contributed by atoms with Gasteiger partial charge >= 0.3 is 0 Å². The maximum atomic E-state index is 13.0. The van der Waals surface area contributed by atoms with Crippen LogP contribution >= 0.6 is 0 Å². The second kappa shape index (κ2) is 34.3. The predicted molar refractivity (Wildman–Crippen MR) is 386 cm³/mol. The van der Waals surface area contributed by atoms with Crippen LogP contribution in [0.2, 0.25) is 0 Å². The SMILES string of the molecule is C=CCN(CC=C)Cc1cc2c(O)c(c1)Cc1cccc(c1OCc1ccccc1)Cc1cc(CN(CC=C)CC=C)cc(c1O)Cc1cc(CN(CC=C)CC=C)cc(c1O)Cc1cccc(c1OCc1ccccc1)Cc1cc(CN(CC=C)CC=C)cc(c1O)C2. The highest BCUT2D eigenvalue weighted by Gasteiger charge is 2.25. The van der Waals surface area contributed by atoms with Crippen molar-refractivity contribution in [3.8, 4) is 34.5 Å². The fourth-order valence-corrected chi connectivity index (χ4v) is 13.0. The topological polar surface area (TPSA) is 112 Å². The van der Waals surface area contributed by atoms with E-state index in [9.17, 15) is 20.4 Å². The molecule has 10 heteroatoms. The van der Waals surface area contributed by atoms with Gasteiger partial charge in [-0.05, 0) is 100 Å². The van der Waals surface area contributed by atoms with Crippen LogP contribution in [0.25, 0.3) is 0 Å². The van der Waals surface area contributed by atoms with Gasteiger partial charge in [0.05, 0.1) is 0 Å². The number of nitrogens with zero attached hydrogens (tertiary/aromatic N) is 4. The molecule has 0 unspecified atom stereocenters. The molecule has 94 heavy (non-hydrogen) atoms. The molecule has 0 saturated heterocycles. The number of aromatic hydroxyl groups is 4. The lowest BCUT2D eigenvalue weighted by molar-refractivity contribution is 0.300. The molecule has 10 nitrogen and oxygen atoms in total. The summed E-state index contributed by atoms with van der Waals surface area (Å²) in [6.45, 7) is 40.2. The lowest BCUT2D eigenvalue weighted by atomic mass is 9.89. The van der Waals surface area contributed by atoms with E-state index in [0.717, 1.165) is 55.6 Å². The van der Waals surface area contributed by atoms with Crippen molar-refractivity contribution in [3.63, 3.8) is 0 Å². The first-order valence-corrected chi connectivity index (χ1v) is 32.5. The van der Waals surface area contributed by atoms with Crippen LogP contribution in [0.1, 0.15) is 100 Å². The van der Waals surface area contributed by atoms with Crippen molar-refractivity contribution in [2.24, 2.45) is 0 Å². The van der Waals surface area contributed by atoms with Crippen molar-refractivity contribution in [3.05, 3.63) is 347 Å². The highest BCUT2D eigenvalue weighted by molar-refractivity contribution is 5.59. The average Bonchev–Trinajstić information content (AvgIpc) is 0.805. The van der Waals surface area contributed by atoms with Crippen molar-refractivity contribution >= 4 is 0 Å². The van der Waals surface area contributed by atoms with Crippen molar-refractivity contribution in [1.29, 1.82) is 0 Å². The molecular weight excluding hydrogens is 1160 g/mol. The molecule has 0 fully saturated rings. The summed E-state index contributed by atoms with van der Waals surface area (Å²) in [5, 5.41) is 51.9. The van der Waals surface area contributed by atoms with Gasteiger partial charge in [-0.3, -0.25) is 19.6 Å². The molecule has 1 aliphatic rings. The van der Waals surface area contributed by atoms with Gasteiger partial charge in [0.1, 0.15) is 47.7 Å². The molecule has 0 aromatic heterocycles. The molecule has 8 aromatic rings. The van der Waals surface area contributed by atoms with Crippen molar-refractivity contribution in [2.75, 3.05) is 52.4 Å². The third-order valence-corrected chi connectivity index (χ3v) is 17.1. The number of phenolic OH excluding ortho intramolecular Hbond substituents is 4. The maximum absolute atomic E-state index is 13.0. The zero-order valence-corrected chi connectivity index (χ0v) is 54.7. The molecule has 9 rings (SSSR count).